The molecule has 2 heterocycles. The molecule has 244 valence electrons. The molecule has 0 aliphatic rings. The Morgan fingerprint density at radius 1 is 0.638 bits per heavy atom. The van der Waals surface area contributed by atoms with Gasteiger partial charge in [-0.1, -0.05) is 79.8 Å². The molecular formula is C40H46N4O3. The number of rotatable bonds is 6. The lowest BCUT2D eigenvalue weighted by Gasteiger charge is -2.25. The third kappa shape index (κ3) is 7.14. The van der Waals surface area contributed by atoms with Crippen molar-refractivity contribution in [2.75, 3.05) is 14.2 Å². The Kier molecular flexibility index (Phi) is 10.1. The summed E-state index contributed by atoms with van der Waals surface area (Å²) < 4.78 is 14.8. The maximum absolute atomic E-state index is 12.8. The van der Waals surface area contributed by atoms with Crippen LogP contribution in [0.15, 0.2) is 104 Å². The summed E-state index contributed by atoms with van der Waals surface area (Å²) in [7, 11) is 3.31. The van der Waals surface area contributed by atoms with Crippen LogP contribution in [-0.2, 0) is 0 Å². The fraction of sp³-hybridized carbons (Fsp3) is 0.275. The molecule has 0 aliphatic heterocycles. The van der Waals surface area contributed by atoms with Gasteiger partial charge < -0.3 is 9.47 Å². The summed E-state index contributed by atoms with van der Waals surface area (Å²) in [5.41, 5.74) is 8.13. The van der Waals surface area contributed by atoms with Crippen LogP contribution in [0.4, 0.5) is 0 Å². The molecule has 0 aliphatic carbocycles. The molecule has 0 amide bonds. The molecule has 0 fully saturated rings. The molecule has 7 heteroatoms. The second-order valence-corrected chi connectivity index (χ2v) is 13.3. The minimum atomic E-state index is -0.459. The molecule has 6 aromatic rings. The zero-order chi connectivity index (χ0) is 33.2. The zero-order valence-electron chi connectivity index (χ0n) is 28.0. The van der Waals surface area contributed by atoms with Gasteiger partial charge in [0.25, 0.3) is 0 Å². The quantitative estimate of drug-likeness (QED) is 0.171. The van der Waals surface area contributed by atoms with Crippen molar-refractivity contribution in [3.63, 3.8) is 0 Å². The van der Waals surface area contributed by atoms with E-state index in [0.29, 0.717) is 11.3 Å². The Balaban J connectivity index is 0.000000208. The van der Waals surface area contributed by atoms with Gasteiger partial charge in [-0.3, -0.25) is 13.9 Å². The van der Waals surface area contributed by atoms with E-state index in [1.54, 1.807) is 20.5 Å². The smallest absolute Gasteiger partial charge is 0.170 e. The zero-order valence-corrected chi connectivity index (χ0v) is 28.0. The Morgan fingerprint density at radius 2 is 1.06 bits per heavy atom. The minimum absolute atomic E-state index is 0. The lowest BCUT2D eigenvalue weighted by atomic mass is 9.82. The molecule has 7 nitrogen and oxygen atoms in total. The third-order valence-corrected chi connectivity index (χ3v) is 7.99. The number of benzene rings is 4. The van der Waals surface area contributed by atoms with Crippen LogP contribution in [0.5, 0.6) is 11.5 Å². The maximum atomic E-state index is 12.8. The average molecular weight is 631 g/mol. The van der Waals surface area contributed by atoms with Crippen molar-refractivity contribution in [3.05, 3.63) is 115 Å². The molecule has 0 saturated heterocycles. The topological polar surface area (TPSA) is 71.2 Å². The van der Waals surface area contributed by atoms with Crippen molar-refractivity contribution in [1.29, 1.82) is 0 Å². The number of methoxy groups -OCH3 is 2. The predicted molar refractivity (Wildman–Crippen MR) is 194 cm³/mol. The van der Waals surface area contributed by atoms with Gasteiger partial charge in [0.05, 0.1) is 47.7 Å². The van der Waals surface area contributed by atoms with E-state index in [4.69, 9.17) is 9.47 Å². The van der Waals surface area contributed by atoms with E-state index in [-0.39, 0.29) is 18.6 Å². The first-order valence-corrected chi connectivity index (χ1v) is 15.3. The molecule has 47 heavy (non-hydrogen) atoms. The van der Waals surface area contributed by atoms with Crippen molar-refractivity contribution in [1.82, 2.24) is 19.1 Å². The molecule has 0 saturated carbocycles. The SMILES string of the molecule is C.C=C(c1ccc(OC)cc1-n1cnc2ccccc21)C(C)(C)C.COc1ccc(C(=O)C(C)(C)C)c(-n2cnc3ccccc32)c1. The van der Waals surface area contributed by atoms with Crippen molar-refractivity contribution in [2.45, 2.75) is 49.0 Å². The first-order valence-electron chi connectivity index (χ1n) is 15.3. The molecular weight excluding hydrogens is 584 g/mol. The fourth-order valence-corrected chi connectivity index (χ4v) is 5.23. The number of aromatic nitrogens is 4. The molecule has 0 radical (unpaired) electrons. The van der Waals surface area contributed by atoms with Crippen molar-refractivity contribution in [3.8, 4) is 22.9 Å². The first-order chi connectivity index (χ1) is 21.8. The van der Waals surface area contributed by atoms with E-state index in [1.165, 1.54) is 0 Å². The summed E-state index contributed by atoms with van der Waals surface area (Å²) in [4.78, 5) is 21.8. The number of carbonyl (C=O) groups is 1. The van der Waals surface area contributed by atoms with Gasteiger partial charge in [0.2, 0.25) is 0 Å². The molecule has 6 rings (SSSR count). The lowest BCUT2D eigenvalue weighted by Crippen LogP contribution is -2.22. The summed E-state index contributed by atoms with van der Waals surface area (Å²) in [6.45, 7) is 16.6. The van der Waals surface area contributed by atoms with Gasteiger partial charge in [0.15, 0.2) is 5.78 Å². The number of ether oxygens (including phenoxy) is 2. The number of para-hydroxylation sites is 4. The summed E-state index contributed by atoms with van der Waals surface area (Å²) in [6, 6.07) is 27.6. The molecule has 0 spiro atoms. The Hall–Kier alpha value is -5.17. The van der Waals surface area contributed by atoms with E-state index in [2.05, 4.69) is 54.0 Å². The van der Waals surface area contributed by atoms with Gasteiger partial charge >= 0.3 is 0 Å². The second-order valence-electron chi connectivity index (χ2n) is 13.3. The summed E-state index contributed by atoms with van der Waals surface area (Å²) in [5.74, 6) is 1.62. The molecule has 0 unspecified atom stereocenters. The van der Waals surface area contributed by atoms with Gasteiger partial charge in [-0.15, -0.1) is 0 Å². The second kappa shape index (κ2) is 13.7. The number of nitrogens with zero attached hydrogens (tertiary/aromatic N) is 4. The van der Waals surface area contributed by atoms with E-state index in [1.807, 2.05) is 104 Å². The minimum Gasteiger partial charge on any atom is -0.497 e. The summed E-state index contributed by atoms with van der Waals surface area (Å²) >= 11 is 0. The number of imidazole rings is 2. The van der Waals surface area contributed by atoms with Crippen LogP contribution < -0.4 is 9.47 Å². The number of allylic oxidation sites excluding steroid dienone is 1. The molecule has 0 atom stereocenters. The van der Waals surface area contributed by atoms with Crippen molar-refractivity contribution < 1.29 is 14.3 Å². The predicted octanol–water partition coefficient (Wildman–Crippen LogP) is 9.99. The average Bonchev–Trinajstić information content (AvgIpc) is 3.68. The highest BCUT2D eigenvalue weighted by Crippen LogP contribution is 2.38. The Morgan fingerprint density at radius 3 is 1.49 bits per heavy atom. The van der Waals surface area contributed by atoms with Gasteiger partial charge in [-0.25, -0.2) is 9.97 Å². The lowest BCUT2D eigenvalue weighted by molar-refractivity contribution is 0.0858. The van der Waals surface area contributed by atoms with E-state index >= 15 is 0 Å². The number of carbonyl (C=O) groups excluding carboxylic acids is 1. The highest BCUT2D eigenvalue weighted by Gasteiger charge is 2.26. The van der Waals surface area contributed by atoms with Crippen LogP contribution in [-0.4, -0.2) is 39.1 Å². The van der Waals surface area contributed by atoms with Gasteiger partial charge in [0, 0.05) is 28.7 Å². The van der Waals surface area contributed by atoms with Crippen LogP contribution >= 0.6 is 0 Å². The molecule has 0 N–H and O–H groups in total. The van der Waals surface area contributed by atoms with Crippen molar-refractivity contribution >= 4 is 33.4 Å². The summed E-state index contributed by atoms with van der Waals surface area (Å²) in [6.07, 6.45) is 3.61. The van der Waals surface area contributed by atoms with Crippen LogP contribution in [0.3, 0.4) is 0 Å². The number of hydrogen-bond donors (Lipinski definition) is 0. The Bertz CT molecular complexity index is 1890. The van der Waals surface area contributed by atoms with E-state index in [0.717, 1.165) is 50.3 Å². The van der Waals surface area contributed by atoms with Crippen molar-refractivity contribution in [2.24, 2.45) is 10.8 Å². The van der Waals surface area contributed by atoms with E-state index in [9.17, 15) is 4.79 Å². The van der Waals surface area contributed by atoms with Crippen LogP contribution in [0.25, 0.3) is 39.0 Å². The highest BCUT2D eigenvalue weighted by molar-refractivity contribution is 6.03. The number of hydrogen-bond acceptors (Lipinski definition) is 5. The van der Waals surface area contributed by atoms with Gasteiger partial charge in [-0.2, -0.15) is 0 Å². The maximum Gasteiger partial charge on any atom is 0.170 e. The molecule has 4 aromatic carbocycles. The monoisotopic (exact) mass is 630 g/mol. The largest absolute Gasteiger partial charge is 0.497 e. The number of fused-ring (bicyclic) bond motifs is 2. The highest BCUT2D eigenvalue weighted by atomic mass is 16.5. The number of ketones is 1. The van der Waals surface area contributed by atoms with Crippen LogP contribution in [0.2, 0.25) is 0 Å². The molecule has 0 bridgehead atoms. The fourth-order valence-electron chi connectivity index (χ4n) is 5.23. The van der Waals surface area contributed by atoms with E-state index < -0.39 is 5.41 Å². The third-order valence-electron chi connectivity index (χ3n) is 7.99. The summed E-state index contributed by atoms with van der Waals surface area (Å²) in [5, 5.41) is 0. The number of Topliss-reactive ketones (excluding diaryl/α,β-unsaturated/α-hetero) is 1. The van der Waals surface area contributed by atoms with Crippen LogP contribution in [0.1, 0.15) is 64.9 Å². The van der Waals surface area contributed by atoms with Gasteiger partial charge in [-0.05, 0) is 59.5 Å². The first kappa shape index (κ1) is 34.7. The van der Waals surface area contributed by atoms with Crippen LogP contribution in [0, 0.1) is 10.8 Å². The Labute approximate surface area is 278 Å². The molecule has 2 aromatic heterocycles. The standard InChI is InChI=1S/C20H22N2O.C19H20N2O2.CH4/c1-14(20(2,3)4)16-11-10-15(23-5)12-19(16)22-13-21-17-8-6-7-9-18(17)22;1-19(2,3)18(22)14-10-9-13(23-4)11-17(14)21-12-20-15-7-5-6-8-16(15)21;/h6-13H,1H2,2-5H3;5-12H,1-4H3;1H4. The normalized spacial score (nSPS) is 11.4. The van der Waals surface area contributed by atoms with Gasteiger partial charge in [0.1, 0.15) is 24.2 Å².